The molecule has 0 atom stereocenters. The first-order valence-electron chi connectivity index (χ1n) is 7.90. The summed E-state index contributed by atoms with van der Waals surface area (Å²) < 4.78 is 2.07. The van der Waals surface area contributed by atoms with Gasteiger partial charge in [0.1, 0.15) is 0 Å². The lowest BCUT2D eigenvalue weighted by Gasteiger charge is -2.16. The quantitative estimate of drug-likeness (QED) is 0.655. The Balaban J connectivity index is 1.73. The number of nitrogens with zero attached hydrogens (tertiary/aromatic N) is 3. The van der Waals surface area contributed by atoms with Crippen molar-refractivity contribution in [1.82, 2.24) is 4.57 Å². The minimum atomic E-state index is -0.327. The van der Waals surface area contributed by atoms with E-state index < -0.39 is 0 Å². The molecule has 126 valence electrons. The molecule has 4 rings (SSSR count). The number of benzene rings is 2. The number of nitriles is 1. The second-order valence-corrected chi connectivity index (χ2v) is 6.82. The average Bonchev–Trinajstić information content (AvgIpc) is 3.16. The lowest BCUT2D eigenvalue weighted by Crippen LogP contribution is -2.20. The van der Waals surface area contributed by atoms with Gasteiger partial charge in [-0.2, -0.15) is 5.26 Å². The molecular formula is C20H13N3O2S. The molecule has 1 amide bonds. The monoisotopic (exact) mass is 359 g/mol. The molecule has 1 saturated heterocycles. The van der Waals surface area contributed by atoms with E-state index in [1.54, 1.807) is 12.1 Å². The van der Waals surface area contributed by atoms with Crippen LogP contribution in [0, 0.1) is 11.3 Å². The highest BCUT2D eigenvalue weighted by molar-refractivity contribution is 8.27. The molecular weight excluding hydrogens is 346 g/mol. The van der Waals surface area contributed by atoms with Crippen LogP contribution >= 0.6 is 11.8 Å². The van der Waals surface area contributed by atoms with Crippen LogP contribution in [-0.4, -0.2) is 14.9 Å². The van der Waals surface area contributed by atoms with Gasteiger partial charge in [0.25, 0.3) is 5.24 Å². The number of carbonyl (C=O) groups excluding carboxylic acids is 2. The first-order chi connectivity index (χ1) is 12.6. The molecule has 1 aliphatic heterocycles. The Kier molecular flexibility index (Phi) is 3.86. The number of thioether (sulfide) groups is 1. The summed E-state index contributed by atoms with van der Waals surface area (Å²) in [6.45, 7) is 4.38. The standard InChI is InChI=1S/C20H13N3O2S/c1-13-19(24)26-20(25)23(13)18-4-2-3-17-16(18)9-10-22(17)12-15-7-5-14(11-21)6-8-15/h2-10H,1,12H2. The Hall–Kier alpha value is -3.30. The number of fused-ring (bicyclic) bond motifs is 1. The SMILES string of the molecule is C=C1C(=O)SC(=O)N1c1cccc2c1ccn2Cc1ccc(C#N)cc1. The van der Waals surface area contributed by atoms with Gasteiger partial charge in [0, 0.05) is 29.9 Å². The fourth-order valence-electron chi connectivity index (χ4n) is 3.05. The molecule has 1 aromatic heterocycles. The normalized spacial score (nSPS) is 14.3. The van der Waals surface area contributed by atoms with Gasteiger partial charge < -0.3 is 4.57 Å². The van der Waals surface area contributed by atoms with Gasteiger partial charge in [-0.25, -0.2) is 0 Å². The summed E-state index contributed by atoms with van der Waals surface area (Å²) in [4.78, 5) is 25.3. The van der Waals surface area contributed by atoms with Crippen LogP contribution in [0.15, 0.2) is 67.0 Å². The zero-order chi connectivity index (χ0) is 18.3. The molecule has 0 radical (unpaired) electrons. The molecule has 3 aromatic rings. The van der Waals surface area contributed by atoms with Crippen LogP contribution in [0.25, 0.3) is 10.9 Å². The predicted octanol–water partition coefficient (Wildman–Crippen LogP) is 4.27. The summed E-state index contributed by atoms with van der Waals surface area (Å²) in [5.74, 6) is 0. The van der Waals surface area contributed by atoms with Gasteiger partial charge in [0.05, 0.1) is 28.5 Å². The van der Waals surface area contributed by atoms with Crippen LogP contribution in [0.1, 0.15) is 11.1 Å². The number of hydrogen-bond acceptors (Lipinski definition) is 4. The molecule has 1 fully saturated rings. The van der Waals surface area contributed by atoms with E-state index in [1.165, 1.54) is 4.90 Å². The van der Waals surface area contributed by atoms with Crippen molar-refractivity contribution in [3.8, 4) is 6.07 Å². The Bertz CT molecular complexity index is 1110. The summed E-state index contributed by atoms with van der Waals surface area (Å²) in [6.07, 6.45) is 1.95. The van der Waals surface area contributed by atoms with E-state index in [-0.39, 0.29) is 16.1 Å². The summed E-state index contributed by atoms with van der Waals surface area (Å²) in [7, 11) is 0. The second kappa shape index (κ2) is 6.21. The van der Waals surface area contributed by atoms with Crippen molar-refractivity contribution in [3.05, 3.63) is 78.1 Å². The van der Waals surface area contributed by atoms with Gasteiger partial charge >= 0.3 is 0 Å². The average molecular weight is 359 g/mol. The zero-order valence-corrected chi connectivity index (χ0v) is 14.5. The topological polar surface area (TPSA) is 66.1 Å². The van der Waals surface area contributed by atoms with Crippen molar-refractivity contribution in [3.63, 3.8) is 0 Å². The Morgan fingerprint density at radius 3 is 2.50 bits per heavy atom. The summed E-state index contributed by atoms with van der Waals surface area (Å²) in [5, 5.41) is 9.14. The Morgan fingerprint density at radius 1 is 1.08 bits per heavy atom. The minimum absolute atomic E-state index is 0.187. The molecule has 0 aliphatic carbocycles. The van der Waals surface area contributed by atoms with E-state index in [0.29, 0.717) is 29.6 Å². The summed E-state index contributed by atoms with van der Waals surface area (Å²) >= 11 is 0.668. The van der Waals surface area contributed by atoms with Crippen molar-refractivity contribution in [1.29, 1.82) is 5.26 Å². The van der Waals surface area contributed by atoms with Crippen LogP contribution in [0.4, 0.5) is 10.5 Å². The molecule has 26 heavy (non-hydrogen) atoms. The third kappa shape index (κ3) is 2.59. The third-order valence-corrected chi connectivity index (χ3v) is 5.11. The fourth-order valence-corrected chi connectivity index (χ4v) is 3.72. The van der Waals surface area contributed by atoms with E-state index in [1.807, 2.05) is 42.6 Å². The van der Waals surface area contributed by atoms with Crippen LogP contribution < -0.4 is 4.90 Å². The molecule has 0 saturated carbocycles. The molecule has 1 aliphatic rings. The van der Waals surface area contributed by atoms with Crippen molar-refractivity contribution < 1.29 is 9.59 Å². The third-order valence-electron chi connectivity index (χ3n) is 4.34. The minimum Gasteiger partial charge on any atom is -0.343 e. The first kappa shape index (κ1) is 16.2. The highest BCUT2D eigenvalue weighted by Gasteiger charge is 2.35. The highest BCUT2D eigenvalue weighted by Crippen LogP contribution is 2.37. The maximum absolute atomic E-state index is 12.2. The largest absolute Gasteiger partial charge is 0.343 e. The van der Waals surface area contributed by atoms with E-state index in [9.17, 15) is 9.59 Å². The lowest BCUT2D eigenvalue weighted by molar-refractivity contribution is -0.107. The van der Waals surface area contributed by atoms with Gasteiger partial charge in [-0.3, -0.25) is 14.5 Å². The maximum Gasteiger partial charge on any atom is 0.298 e. The van der Waals surface area contributed by atoms with E-state index >= 15 is 0 Å². The maximum atomic E-state index is 12.2. The van der Waals surface area contributed by atoms with Crippen molar-refractivity contribution in [2.75, 3.05) is 4.90 Å². The van der Waals surface area contributed by atoms with Gasteiger partial charge in [0.15, 0.2) is 0 Å². The molecule has 2 heterocycles. The van der Waals surface area contributed by atoms with Gasteiger partial charge in [-0.05, 0) is 35.9 Å². The lowest BCUT2D eigenvalue weighted by atomic mass is 10.1. The smallest absolute Gasteiger partial charge is 0.298 e. The van der Waals surface area contributed by atoms with Gasteiger partial charge in [0.2, 0.25) is 5.12 Å². The van der Waals surface area contributed by atoms with Gasteiger partial charge in [-0.15, -0.1) is 0 Å². The van der Waals surface area contributed by atoms with Gasteiger partial charge in [-0.1, -0.05) is 24.8 Å². The molecule has 2 aromatic carbocycles. The van der Waals surface area contributed by atoms with Crippen LogP contribution in [0.5, 0.6) is 0 Å². The molecule has 0 bridgehead atoms. The molecule has 0 unspecified atom stereocenters. The van der Waals surface area contributed by atoms with Crippen molar-refractivity contribution in [2.45, 2.75) is 6.54 Å². The predicted molar refractivity (Wildman–Crippen MR) is 102 cm³/mol. The zero-order valence-electron chi connectivity index (χ0n) is 13.7. The number of aromatic nitrogens is 1. The Labute approximate surface area is 154 Å². The van der Waals surface area contributed by atoms with E-state index in [2.05, 4.69) is 17.2 Å². The molecule has 5 nitrogen and oxygen atoms in total. The van der Waals surface area contributed by atoms with E-state index in [4.69, 9.17) is 5.26 Å². The molecule has 0 spiro atoms. The number of carbonyl (C=O) groups is 2. The number of hydrogen-bond donors (Lipinski definition) is 0. The first-order valence-corrected chi connectivity index (χ1v) is 8.72. The number of amides is 1. The number of anilines is 1. The van der Waals surface area contributed by atoms with E-state index in [0.717, 1.165) is 16.5 Å². The van der Waals surface area contributed by atoms with Crippen molar-refractivity contribution >= 4 is 38.7 Å². The molecule has 0 N–H and O–H groups in total. The Morgan fingerprint density at radius 2 is 1.85 bits per heavy atom. The summed E-state index contributed by atoms with van der Waals surface area (Å²) in [5.41, 5.74) is 3.50. The fraction of sp³-hybridized carbons (Fsp3) is 0.0500. The van der Waals surface area contributed by atoms with Crippen LogP contribution in [0.3, 0.4) is 0 Å². The van der Waals surface area contributed by atoms with Crippen LogP contribution in [-0.2, 0) is 11.3 Å². The number of rotatable bonds is 3. The highest BCUT2D eigenvalue weighted by atomic mass is 32.2. The second-order valence-electron chi connectivity index (χ2n) is 5.90. The van der Waals surface area contributed by atoms with Crippen molar-refractivity contribution in [2.24, 2.45) is 0 Å². The van der Waals surface area contributed by atoms with Crippen LogP contribution in [0.2, 0.25) is 0 Å². The summed E-state index contributed by atoms with van der Waals surface area (Å²) in [6, 6.07) is 17.1. The molecule has 6 heteroatoms.